The Morgan fingerprint density at radius 1 is 1.13 bits per heavy atom. The summed E-state index contributed by atoms with van der Waals surface area (Å²) in [5.41, 5.74) is 4.85. The van der Waals surface area contributed by atoms with Crippen molar-refractivity contribution in [2.24, 2.45) is 0 Å². The van der Waals surface area contributed by atoms with E-state index in [9.17, 15) is 9.59 Å². The Morgan fingerprint density at radius 2 is 1.87 bits per heavy atom. The number of halogens is 2. The van der Waals surface area contributed by atoms with E-state index in [4.69, 9.17) is 23.2 Å². The number of carbonyl (C=O) groups is 2. The lowest BCUT2D eigenvalue weighted by Crippen LogP contribution is -1.97. The minimum atomic E-state index is 0.461. The molecule has 0 saturated heterocycles. The summed E-state index contributed by atoms with van der Waals surface area (Å²) < 4.78 is 0. The van der Waals surface area contributed by atoms with Gasteiger partial charge in [0.1, 0.15) is 0 Å². The minimum Gasteiger partial charge on any atom is -0.388 e. The van der Waals surface area contributed by atoms with Gasteiger partial charge in [-0.05, 0) is 55.0 Å². The molecule has 0 bridgehead atoms. The first-order valence-electron chi connectivity index (χ1n) is 9.16. The maximum atomic E-state index is 11.9. The van der Waals surface area contributed by atoms with E-state index in [1.54, 1.807) is 31.0 Å². The molecule has 0 aliphatic rings. The van der Waals surface area contributed by atoms with Gasteiger partial charge in [0.15, 0.2) is 12.6 Å². The molecule has 0 aliphatic carbocycles. The Hall–Kier alpha value is -2.47. The standard InChI is InChI=1S/C23H20Cl2N2O2S/c1-14-8-16(12-29)23(27-14)9-15(11-28)18-10-17(6-7-22(18)26-2)30-13-19-20(24)4-3-5-21(19)25/h3-12,26-27H,13H2,1-2H3/b15-9+. The number of allylic oxidation sites excluding steroid dienone is 1. The molecule has 0 fully saturated rings. The van der Waals surface area contributed by atoms with Crippen molar-refractivity contribution in [2.75, 3.05) is 12.4 Å². The van der Waals surface area contributed by atoms with Crippen molar-refractivity contribution < 1.29 is 9.59 Å². The zero-order valence-corrected chi connectivity index (χ0v) is 18.8. The van der Waals surface area contributed by atoms with Crippen molar-refractivity contribution in [1.29, 1.82) is 0 Å². The molecule has 4 nitrogen and oxygen atoms in total. The lowest BCUT2D eigenvalue weighted by molar-refractivity contribution is -0.103. The highest BCUT2D eigenvalue weighted by atomic mass is 35.5. The number of hydrogen-bond donors (Lipinski definition) is 2. The van der Waals surface area contributed by atoms with Crippen LogP contribution in [-0.2, 0) is 10.5 Å². The van der Waals surface area contributed by atoms with Crippen LogP contribution in [0.3, 0.4) is 0 Å². The van der Waals surface area contributed by atoms with Crippen molar-refractivity contribution in [3.8, 4) is 0 Å². The van der Waals surface area contributed by atoms with Crippen LogP contribution in [0.4, 0.5) is 5.69 Å². The first kappa shape index (κ1) is 22.2. The van der Waals surface area contributed by atoms with Gasteiger partial charge in [-0.3, -0.25) is 9.59 Å². The molecule has 0 radical (unpaired) electrons. The van der Waals surface area contributed by atoms with E-state index in [0.29, 0.717) is 32.6 Å². The van der Waals surface area contributed by atoms with E-state index in [1.807, 2.05) is 43.3 Å². The van der Waals surface area contributed by atoms with Crippen molar-refractivity contribution in [2.45, 2.75) is 17.6 Å². The summed E-state index contributed by atoms with van der Waals surface area (Å²) in [6.07, 6.45) is 3.26. The van der Waals surface area contributed by atoms with Gasteiger partial charge < -0.3 is 10.3 Å². The molecular formula is C23H20Cl2N2O2S. The van der Waals surface area contributed by atoms with Crippen LogP contribution in [0, 0.1) is 6.92 Å². The molecule has 30 heavy (non-hydrogen) atoms. The molecule has 154 valence electrons. The number of aromatic amines is 1. The fraction of sp³-hybridized carbons (Fsp3) is 0.130. The van der Waals surface area contributed by atoms with Gasteiger partial charge in [-0.15, -0.1) is 11.8 Å². The molecule has 0 saturated carbocycles. The number of aromatic nitrogens is 1. The van der Waals surface area contributed by atoms with Crippen LogP contribution in [0.1, 0.15) is 32.9 Å². The maximum Gasteiger partial charge on any atom is 0.152 e. The van der Waals surface area contributed by atoms with Crippen LogP contribution in [0.2, 0.25) is 10.0 Å². The molecule has 0 spiro atoms. The van der Waals surface area contributed by atoms with Gasteiger partial charge >= 0.3 is 0 Å². The van der Waals surface area contributed by atoms with Crippen LogP contribution < -0.4 is 5.32 Å². The van der Waals surface area contributed by atoms with Gasteiger partial charge in [0.25, 0.3) is 0 Å². The second-order valence-electron chi connectivity index (χ2n) is 6.60. The van der Waals surface area contributed by atoms with E-state index >= 15 is 0 Å². The second-order valence-corrected chi connectivity index (χ2v) is 8.47. The number of carbonyl (C=O) groups excluding carboxylic acids is 2. The van der Waals surface area contributed by atoms with Crippen LogP contribution in [0.15, 0.2) is 47.4 Å². The molecule has 3 rings (SSSR count). The SMILES string of the molecule is CNc1ccc(SCc2c(Cl)cccc2Cl)cc1/C(C=O)=C/c1[nH]c(C)cc1C=O. The predicted octanol–water partition coefficient (Wildman–Crippen LogP) is 6.52. The summed E-state index contributed by atoms with van der Waals surface area (Å²) in [6, 6.07) is 13.0. The molecule has 1 heterocycles. The van der Waals surface area contributed by atoms with Crippen molar-refractivity contribution in [3.05, 3.63) is 80.6 Å². The molecule has 1 aromatic heterocycles. The molecular weight excluding hydrogens is 439 g/mol. The van der Waals surface area contributed by atoms with E-state index < -0.39 is 0 Å². The Morgan fingerprint density at radius 3 is 2.50 bits per heavy atom. The summed E-state index contributed by atoms with van der Waals surface area (Å²) in [5, 5.41) is 4.37. The lowest BCUT2D eigenvalue weighted by atomic mass is 10.0. The molecule has 0 unspecified atom stereocenters. The number of nitrogens with one attached hydrogen (secondary N) is 2. The van der Waals surface area contributed by atoms with Gasteiger partial charge in [-0.2, -0.15) is 0 Å². The molecule has 0 aliphatic heterocycles. The molecule has 0 atom stereocenters. The first-order valence-corrected chi connectivity index (χ1v) is 10.9. The predicted molar refractivity (Wildman–Crippen MR) is 127 cm³/mol. The summed E-state index contributed by atoms with van der Waals surface area (Å²) in [4.78, 5) is 27.3. The number of benzene rings is 2. The highest BCUT2D eigenvalue weighted by molar-refractivity contribution is 7.98. The van der Waals surface area contributed by atoms with Gasteiger partial charge in [0, 0.05) is 61.5 Å². The summed E-state index contributed by atoms with van der Waals surface area (Å²) >= 11 is 14.1. The topological polar surface area (TPSA) is 62.0 Å². The van der Waals surface area contributed by atoms with E-state index in [-0.39, 0.29) is 0 Å². The lowest BCUT2D eigenvalue weighted by Gasteiger charge is -2.12. The average Bonchev–Trinajstić information content (AvgIpc) is 3.10. The largest absolute Gasteiger partial charge is 0.388 e. The number of aldehydes is 2. The number of thioether (sulfide) groups is 1. The fourth-order valence-electron chi connectivity index (χ4n) is 3.08. The summed E-state index contributed by atoms with van der Waals surface area (Å²) in [6.45, 7) is 1.86. The number of H-pyrrole nitrogens is 1. The van der Waals surface area contributed by atoms with Gasteiger partial charge in [-0.25, -0.2) is 0 Å². The van der Waals surface area contributed by atoms with Crippen molar-refractivity contribution in [3.63, 3.8) is 0 Å². The monoisotopic (exact) mass is 458 g/mol. The Bertz CT molecular complexity index is 1100. The number of anilines is 1. The van der Waals surface area contributed by atoms with Gasteiger partial charge in [-0.1, -0.05) is 29.3 Å². The zero-order valence-electron chi connectivity index (χ0n) is 16.5. The molecule has 2 aromatic carbocycles. The average molecular weight is 459 g/mol. The molecule has 3 aromatic rings. The number of aryl methyl sites for hydroxylation is 1. The van der Waals surface area contributed by atoms with Crippen LogP contribution in [0.25, 0.3) is 11.6 Å². The highest BCUT2D eigenvalue weighted by Crippen LogP contribution is 2.34. The Labute approximate surface area is 189 Å². The third-order valence-corrected chi connectivity index (χ3v) is 6.31. The van der Waals surface area contributed by atoms with E-state index in [0.717, 1.165) is 40.0 Å². The smallest absolute Gasteiger partial charge is 0.152 e. The fourth-order valence-corrected chi connectivity index (χ4v) is 4.75. The van der Waals surface area contributed by atoms with E-state index in [1.165, 1.54) is 0 Å². The second kappa shape index (κ2) is 10.0. The highest BCUT2D eigenvalue weighted by Gasteiger charge is 2.12. The Kier molecular flexibility index (Phi) is 7.43. The molecule has 2 N–H and O–H groups in total. The third kappa shape index (κ3) is 4.98. The summed E-state index contributed by atoms with van der Waals surface area (Å²) in [7, 11) is 1.80. The first-order chi connectivity index (χ1) is 14.5. The van der Waals surface area contributed by atoms with Crippen LogP contribution >= 0.6 is 35.0 Å². The molecule has 0 amide bonds. The summed E-state index contributed by atoms with van der Waals surface area (Å²) in [5.74, 6) is 0.599. The normalized spacial score (nSPS) is 11.4. The zero-order chi connectivity index (χ0) is 21.7. The third-order valence-electron chi connectivity index (χ3n) is 4.58. The van der Waals surface area contributed by atoms with Crippen LogP contribution in [-0.4, -0.2) is 24.6 Å². The van der Waals surface area contributed by atoms with Gasteiger partial charge in [0.05, 0.1) is 0 Å². The Balaban J connectivity index is 1.96. The van der Waals surface area contributed by atoms with Crippen LogP contribution in [0.5, 0.6) is 0 Å². The molecule has 7 heteroatoms. The number of rotatable bonds is 8. The maximum absolute atomic E-state index is 11.9. The number of hydrogen-bond acceptors (Lipinski definition) is 4. The van der Waals surface area contributed by atoms with Crippen molar-refractivity contribution >= 4 is 64.9 Å². The van der Waals surface area contributed by atoms with Gasteiger partial charge in [0.2, 0.25) is 0 Å². The van der Waals surface area contributed by atoms with E-state index in [2.05, 4.69) is 10.3 Å². The van der Waals surface area contributed by atoms with Crippen molar-refractivity contribution in [1.82, 2.24) is 4.98 Å². The quantitative estimate of drug-likeness (QED) is 0.229. The minimum absolute atomic E-state index is 0.461.